The molecule has 1 atom stereocenters. The first-order valence-corrected chi connectivity index (χ1v) is 9.16. The second-order valence-electron chi connectivity index (χ2n) is 6.59. The maximum atomic E-state index is 10.3. The molecule has 142 valence electrons. The normalized spacial score (nSPS) is 16.0. The Hall–Kier alpha value is -1.75. The topological polar surface area (TPSA) is 35.9 Å². The van der Waals surface area contributed by atoms with E-state index in [2.05, 4.69) is 53.1 Å². The Kier molecular flexibility index (Phi) is 8.23. The van der Waals surface area contributed by atoms with E-state index in [1.807, 2.05) is 18.2 Å². The van der Waals surface area contributed by atoms with Gasteiger partial charge >= 0.3 is 0 Å². The second kappa shape index (κ2) is 10.4. The van der Waals surface area contributed by atoms with Crippen LogP contribution in [0.15, 0.2) is 54.6 Å². The van der Waals surface area contributed by atoms with Gasteiger partial charge in [0.2, 0.25) is 0 Å². The van der Waals surface area contributed by atoms with Gasteiger partial charge in [-0.3, -0.25) is 4.90 Å². The van der Waals surface area contributed by atoms with Gasteiger partial charge in [0.05, 0.1) is 0 Å². The predicted molar refractivity (Wildman–Crippen MR) is 102 cm³/mol. The molecule has 0 amide bonds. The summed E-state index contributed by atoms with van der Waals surface area (Å²) >= 11 is 0. The number of rotatable bonds is 7. The molecular weight excluding hydrogens is 348 g/mol. The highest BCUT2D eigenvalue weighted by atomic mass is 35.5. The summed E-state index contributed by atoms with van der Waals surface area (Å²) < 4.78 is 5.71. The van der Waals surface area contributed by atoms with Crippen LogP contribution in [0.4, 0.5) is 5.69 Å². The molecule has 0 aromatic heterocycles. The maximum Gasteiger partial charge on any atom is 0.119 e. The summed E-state index contributed by atoms with van der Waals surface area (Å²) in [6, 6.07) is 18.6. The minimum absolute atomic E-state index is 0. The first-order valence-electron chi connectivity index (χ1n) is 9.16. The summed E-state index contributed by atoms with van der Waals surface area (Å²) in [5, 5.41) is 10.3. The summed E-state index contributed by atoms with van der Waals surface area (Å²) in [5.41, 5.74) is 2.57. The number of hydrogen-bond donors (Lipinski definition) is 1. The van der Waals surface area contributed by atoms with Gasteiger partial charge in [0, 0.05) is 38.4 Å². The molecule has 1 fully saturated rings. The number of β-amino-alcohol motifs (C(OH)–C–C–N with tert-alkyl or cyclic N) is 1. The number of anilines is 1. The molecule has 3 rings (SSSR count). The van der Waals surface area contributed by atoms with Crippen molar-refractivity contribution in [3.8, 4) is 5.75 Å². The van der Waals surface area contributed by atoms with Crippen LogP contribution in [-0.4, -0.2) is 55.4 Å². The summed E-state index contributed by atoms with van der Waals surface area (Å²) in [6.45, 7) is 7.07. The van der Waals surface area contributed by atoms with Crippen molar-refractivity contribution in [3.05, 3.63) is 60.2 Å². The fraction of sp³-hybridized carbons (Fsp3) is 0.429. The maximum absolute atomic E-state index is 10.3. The molecule has 0 bridgehead atoms. The highest BCUT2D eigenvalue weighted by Gasteiger charge is 2.19. The number of aryl methyl sites for hydroxylation is 1. The monoisotopic (exact) mass is 375 g/mol. The average Bonchev–Trinajstić information content (AvgIpc) is 2.68. The van der Waals surface area contributed by atoms with Crippen molar-refractivity contribution in [1.29, 1.82) is 0 Å². The molecule has 1 unspecified atom stereocenters. The van der Waals surface area contributed by atoms with Crippen LogP contribution in [0, 0.1) is 0 Å². The van der Waals surface area contributed by atoms with Gasteiger partial charge in [0.1, 0.15) is 18.5 Å². The number of para-hydroxylation sites is 1. The molecule has 4 nitrogen and oxygen atoms in total. The highest BCUT2D eigenvalue weighted by molar-refractivity contribution is 5.46. The zero-order valence-electron chi connectivity index (χ0n) is 15.4. The molecule has 1 saturated heterocycles. The average molecular weight is 376 g/mol. The molecule has 0 radical (unpaired) electrons. The standard InChI is InChI=1S/C21H28N2O2.ClH/c1-2-18-8-10-21(11-9-18)25-17-20(24)16-22-12-14-23(15-13-22)19-6-4-3-5-7-19;/h3-11,20,24H,2,12-17H2,1H3;1H/p-1. The Bertz CT molecular complexity index is 628. The van der Waals surface area contributed by atoms with Crippen LogP contribution in [0.2, 0.25) is 0 Å². The summed E-state index contributed by atoms with van der Waals surface area (Å²) in [5.74, 6) is 0.824. The van der Waals surface area contributed by atoms with E-state index >= 15 is 0 Å². The van der Waals surface area contributed by atoms with Crippen molar-refractivity contribution in [3.63, 3.8) is 0 Å². The van der Waals surface area contributed by atoms with Gasteiger partial charge in [-0.2, -0.15) is 0 Å². The zero-order chi connectivity index (χ0) is 17.5. The van der Waals surface area contributed by atoms with E-state index in [1.165, 1.54) is 11.3 Å². The van der Waals surface area contributed by atoms with E-state index in [0.717, 1.165) is 38.3 Å². The van der Waals surface area contributed by atoms with Crippen molar-refractivity contribution >= 4 is 5.69 Å². The number of aliphatic hydroxyl groups excluding tert-OH is 1. The lowest BCUT2D eigenvalue weighted by Gasteiger charge is -2.36. The SMILES string of the molecule is CCc1ccc(OCC(O)CN2CCN(c3ccccc3)CC2)cc1.[Cl-]. The van der Waals surface area contributed by atoms with Crippen LogP contribution in [-0.2, 0) is 6.42 Å². The number of nitrogens with zero attached hydrogens (tertiary/aromatic N) is 2. The lowest BCUT2D eigenvalue weighted by atomic mass is 10.2. The molecule has 1 heterocycles. The Morgan fingerprint density at radius 2 is 1.62 bits per heavy atom. The van der Waals surface area contributed by atoms with E-state index < -0.39 is 6.10 Å². The Morgan fingerprint density at radius 1 is 0.962 bits per heavy atom. The van der Waals surface area contributed by atoms with E-state index in [-0.39, 0.29) is 12.4 Å². The van der Waals surface area contributed by atoms with Crippen molar-refractivity contribution in [2.75, 3.05) is 44.2 Å². The van der Waals surface area contributed by atoms with E-state index in [9.17, 15) is 5.11 Å². The largest absolute Gasteiger partial charge is 1.00 e. The van der Waals surface area contributed by atoms with Crippen molar-refractivity contribution in [1.82, 2.24) is 4.90 Å². The quantitative estimate of drug-likeness (QED) is 0.728. The molecule has 0 spiro atoms. The summed E-state index contributed by atoms with van der Waals surface area (Å²) in [6.07, 6.45) is 0.562. The minimum atomic E-state index is -0.464. The molecular formula is C21H28ClN2O2-. The van der Waals surface area contributed by atoms with E-state index in [4.69, 9.17) is 4.74 Å². The Labute approximate surface area is 162 Å². The molecule has 1 N–H and O–H groups in total. The van der Waals surface area contributed by atoms with Crippen LogP contribution < -0.4 is 22.0 Å². The smallest absolute Gasteiger partial charge is 0.119 e. The van der Waals surface area contributed by atoms with Gasteiger partial charge in [-0.25, -0.2) is 0 Å². The Balaban J connectivity index is 0.00000243. The van der Waals surface area contributed by atoms with Crippen LogP contribution >= 0.6 is 0 Å². The number of ether oxygens (including phenoxy) is 1. The zero-order valence-corrected chi connectivity index (χ0v) is 16.1. The molecule has 2 aromatic rings. The number of hydrogen-bond acceptors (Lipinski definition) is 4. The number of halogens is 1. The van der Waals surface area contributed by atoms with Crippen LogP contribution in [0.5, 0.6) is 5.75 Å². The summed E-state index contributed by atoms with van der Waals surface area (Å²) in [7, 11) is 0. The lowest BCUT2D eigenvalue weighted by molar-refractivity contribution is -0.00000737. The van der Waals surface area contributed by atoms with Gasteiger partial charge < -0.3 is 27.2 Å². The van der Waals surface area contributed by atoms with E-state index in [0.29, 0.717) is 13.2 Å². The molecule has 2 aromatic carbocycles. The lowest BCUT2D eigenvalue weighted by Crippen LogP contribution is -3.00. The first kappa shape index (κ1) is 20.6. The van der Waals surface area contributed by atoms with Gasteiger partial charge in [0.15, 0.2) is 0 Å². The highest BCUT2D eigenvalue weighted by Crippen LogP contribution is 2.16. The van der Waals surface area contributed by atoms with Gasteiger partial charge in [0.25, 0.3) is 0 Å². The van der Waals surface area contributed by atoms with Gasteiger partial charge in [-0.1, -0.05) is 37.3 Å². The van der Waals surface area contributed by atoms with Crippen LogP contribution in [0.1, 0.15) is 12.5 Å². The van der Waals surface area contributed by atoms with Crippen LogP contribution in [0.25, 0.3) is 0 Å². The van der Waals surface area contributed by atoms with E-state index in [1.54, 1.807) is 0 Å². The number of aliphatic hydroxyl groups is 1. The third kappa shape index (κ3) is 5.90. The molecule has 0 aliphatic carbocycles. The molecule has 26 heavy (non-hydrogen) atoms. The molecule has 5 heteroatoms. The number of piperazine rings is 1. The van der Waals surface area contributed by atoms with Crippen molar-refractivity contribution in [2.24, 2.45) is 0 Å². The Morgan fingerprint density at radius 3 is 2.23 bits per heavy atom. The number of benzene rings is 2. The van der Waals surface area contributed by atoms with Crippen molar-refractivity contribution < 1.29 is 22.3 Å². The van der Waals surface area contributed by atoms with Crippen molar-refractivity contribution in [2.45, 2.75) is 19.4 Å². The third-order valence-electron chi connectivity index (χ3n) is 4.74. The van der Waals surface area contributed by atoms with Gasteiger partial charge in [-0.05, 0) is 36.2 Å². The predicted octanol–water partition coefficient (Wildman–Crippen LogP) is -0.185. The minimum Gasteiger partial charge on any atom is -1.00 e. The first-order chi connectivity index (χ1) is 12.2. The van der Waals surface area contributed by atoms with Gasteiger partial charge in [-0.15, -0.1) is 0 Å². The summed E-state index contributed by atoms with van der Waals surface area (Å²) in [4.78, 5) is 4.71. The molecule has 0 saturated carbocycles. The molecule has 1 aliphatic heterocycles. The second-order valence-corrected chi connectivity index (χ2v) is 6.59. The molecule has 1 aliphatic rings. The fourth-order valence-corrected chi connectivity index (χ4v) is 3.19. The third-order valence-corrected chi connectivity index (χ3v) is 4.74. The fourth-order valence-electron chi connectivity index (χ4n) is 3.19. The van der Waals surface area contributed by atoms with Crippen LogP contribution in [0.3, 0.4) is 0 Å².